The Hall–Kier alpha value is 0.270. The molecule has 1 spiro atoms. The molecule has 1 heterocycles. The first kappa shape index (κ1) is 15.2. The van der Waals surface area contributed by atoms with Crippen LogP contribution in [0.1, 0.15) is 64.2 Å². The Morgan fingerprint density at radius 1 is 1.00 bits per heavy atom. The Morgan fingerprint density at radius 3 is 2.45 bits per heavy atom. The summed E-state index contributed by atoms with van der Waals surface area (Å²) in [6.45, 7) is 3.92. The summed E-state index contributed by atoms with van der Waals surface area (Å²) in [7, 11) is 0. The molecule has 116 valence electrons. The lowest BCUT2D eigenvalue weighted by atomic mass is 9.80. The summed E-state index contributed by atoms with van der Waals surface area (Å²) in [6, 6.07) is 0.886. The lowest BCUT2D eigenvalue weighted by molar-refractivity contribution is 0.108. The molecule has 0 atom stereocenters. The highest BCUT2D eigenvalue weighted by molar-refractivity contribution is 7.99. The van der Waals surface area contributed by atoms with Crippen molar-refractivity contribution in [3.63, 3.8) is 0 Å². The van der Waals surface area contributed by atoms with Crippen molar-refractivity contribution < 1.29 is 0 Å². The second-order valence-electron chi connectivity index (χ2n) is 7.26. The normalized spacial score (nSPS) is 35.9. The van der Waals surface area contributed by atoms with Crippen LogP contribution in [0.3, 0.4) is 0 Å². The third kappa shape index (κ3) is 3.53. The quantitative estimate of drug-likeness (QED) is 0.837. The minimum atomic E-state index is 0.477. The van der Waals surface area contributed by atoms with Crippen molar-refractivity contribution in [2.75, 3.05) is 25.9 Å². The molecule has 2 aliphatic carbocycles. The van der Waals surface area contributed by atoms with Crippen LogP contribution in [0.15, 0.2) is 0 Å². The molecule has 3 heteroatoms. The molecule has 2 nitrogen and oxygen atoms in total. The van der Waals surface area contributed by atoms with E-state index in [4.69, 9.17) is 0 Å². The van der Waals surface area contributed by atoms with E-state index in [1.165, 1.54) is 83.8 Å². The predicted molar refractivity (Wildman–Crippen MR) is 89.6 cm³/mol. The van der Waals surface area contributed by atoms with Gasteiger partial charge in [0.1, 0.15) is 0 Å². The first-order valence-electron chi connectivity index (χ1n) is 8.83. The maximum Gasteiger partial charge on any atom is 0.0308 e. The molecule has 0 radical (unpaired) electrons. The van der Waals surface area contributed by atoms with Crippen LogP contribution in [0.25, 0.3) is 0 Å². The molecule has 0 aromatic carbocycles. The number of nitrogens with one attached hydrogen (secondary N) is 1. The monoisotopic (exact) mass is 296 g/mol. The van der Waals surface area contributed by atoms with Crippen molar-refractivity contribution in [2.45, 2.75) is 81.0 Å². The smallest absolute Gasteiger partial charge is 0.0308 e. The van der Waals surface area contributed by atoms with Gasteiger partial charge in [-0.3, -0.25) is 4.90 Å². The van der Waals surface area contributed by atoms with Crippen LogP contribution >= 0.6 is 11.8 Å². The largest absolute Gasteiger partial charge is 0.310 e. The fraction of sp³-hybridized carbons (Fsp3) is 1.00. The summed E-state index contributed by atoms with van der Waals surface area (Å²) in [6.07, 6.45) is 16.6. The van der Waals surface area contributed by atoms with Crippen molar-refractivity contribution in [1.29, 1.82) is 0 Å². The van der Waals surface area contributed by atoms with E-state index in [0.717, 1.165) is 11.3 Å². The summed E-state index contributed by atoms with van der Waals surface area (Å²) in [4.78, 5) is 2.88. The van der Waals surface area contributed by atoms with Crippen LogP contribution in [0, 0.1) is 0 Å². The first-order valence-corrected chi connectivity index (χ1v) is 10.1. The molecular weight excluding hydrogens is 264 g/mol. The molecule has 0 aromatic heterocycles. The number of hydrogen-bond donors (Lipinski definition) is 1. The van der Waals surface area contributed by atoms with Gasteiger partial charge in [0.05, 0.1) is 0 Å². The van der Waals surface area contributed by atoms with Crippen LogP contribution in [-0.4, -0.2) is 47.6 Å². The molecule has 0 amide bonds. The minimum absolute atomic E-state index is 0.477. The van der Waals surface area contributed by atoms with Crippen molar-refractivity contribution in [1.82, 2.24) is 10.2 Å². The molecule has 3 aliphatic rings. The summed E-state index contributed by atoms with van der Waals surface area (Å²) in [5, 5.41) is 4.88. The number of thioether (sulfide) groups is 1. The van der Waals surface area contributed by atoms with Crippen LogP contribution in [-0.2, 0) is 0 Å². The van der Waals surface area contributed by atoms with Gasteiger partial charge in [-0.2, -0.15) is 11.8 Å². The lowest BCUT2D eigenvalue weighted by Gasteiger charge is -2.43. The Labute approximate surface area is 129 Å². The Balaban J connectivity index is 1.60. The highest BCUT2D eigenvalue weighted by Gasteiger charge is 2.37. The van der Waals surface area contributed by atoms with Crippen molar-refractivity contribution in [3.8, 4) is 0 Å². The van der Waals surface area contributed by atoms with E-state index in [1.807, 2.05) is 0 Å². The second kappa shape index (κ2) is 7.02. The molecule has 3 rings (SSSR count). The molecule has 0 unspecified atom stereocenters. The van der Waals surface area contributed by atoms with Gasteiger partial charge in [-0.1, -0.05) is 19.3 Å². The summed E-state index contributed by atoms with van der Waals surface area (Å²) in [5.41, 5.74) is 0.477. The van der Waals surface area contributed by atoms with Crippen molar-refractivity contribution in [3.05, 3.63) is 0 Å². The Kier molecular flexibility index (Phi) is 5.33. The zero-order valence-corrected chi connectivity index (χ0v) is 14.0. The second-order valence-corrected chi connectivity index (χ2v) is 8.40. The molecule has 3 fully saturated rings. The summed E-state index contributed by atoms with van der Waals surface area (Å²) >= 11 is 2.09. The van der Waals surface area contributed by atoms with E-state index in [9.17, 15) is 0 Å². The predicted octanol–water partition coefficient (Wildman–Crippen LogP) is 3.66. The van der Waals surface area contributed by atoms with Crippen LogP contribution in [0.4, 0.5) is 0 Å². The zero-order chi connectivity index (χ0) is 13.8. The molecule has 20 heavy (non-hydrogen) atoms. The topological polar surface area (TPSA) is 15.3 Å². The van der Waals surface area contributed by atoms with Gasteiger partial charge in [0.15, 0.2) is 0 Å². The maximum absolute atomic E-state index is 3.94. The molecule has 2 saturated carbocycles. The standard InChI is InChI=1S/C17H32N2S/c1-20-16-8-6-15(7-9-16)19-13-5-12-18-17(14-19)10-3-2-4-11-17/h15-16,18H,2-14H2,1H3. The third-order valence-electron chi connectivity index (χ3n) is 5.93. The van der Waals surface area contributed by atoms with E-state index >= 15 is 0 Å². The zero-order valence-electron chi connectivity index (χ0n) is 13.2. The summed E-state index contributed by atoms with van der Waals surface area (Å²) < 4.78 is 0. The fourth-order valence-corrected chi connectivity index (χ4v) is 5.42. The highest BCUT2D eigenvalue weighted by atomic mass is 32.2. The van der Waals surface area contributed by atoms with Crippen molar-refractivity contribution >= 4 is 11.8 Å². The average molecular weight is 297 g/mol. The molecule has 1 saturated heterocycles. The molecule has 0 bridgehead atoms. The Morgan fingerprint density at radius 2 is 1.75 bits per heavy atom. The van der Waals surface area contributed by atoms with Crippen LogP contribution in [0.2, 0.25) is 0 Å². The van der Waals surface area contributed by atoms with Crippen LogP contribution in [0.5, 0.6) is 0 Å². The summed E-state index contributed by atoms with van der Waals surface area (Å²) in [5.74, 6) is 0. The molecule has 1 N–H and O–H groups in total. The van der Waals surface area contributed by atoms with Gasteiger partial charge in [-0.15, -0.1) is 0 Å². The van der Waals surface area contributed by atoms with Gasteiger partial charge in [-0.05, 0) is 64.3 Å². The van der Waals surface area contributed by atoms with Crippen LogP contribution < -0.4 is 5.32 Å². The lowest BCUT2D eigenvalue weighted by Crippen LogP contribution is -2.54. The van der Waals surface area contributed by atoms with E-state index in [1.54, 1.807) is 0 Å². The van der Waals surface area contributed by atoms with Gasteiger partial charge in [0.25, 0.3) is 0 Å². The molecular formula is C17H32N2S. The van der Waals surface area contributed by atoms with Crippen molar-refractivity contribution in [2.24, 2.45) is 0 Å². The average Bonchev–Trinajstić information content (AvgIpc) is 2.71. The first-order chi connectivity index (χ1) is 9.81. The van der Waals surface area contributed by atoms with Gasteiger partial charge in [0.2, 0.25) is 0 Å². The van der Waals surface area contributed by atoms with E-state index in [0.29, 0.717) is 5.54 Å². The third-order valence-corrected chi connectivity index (χ3v) is 7.07. The van der Waals surface area contributed by atoms with Gasteiger partial charge >= 0.3 is 0 Å². The maximum atomic E-state index is 3.94. The molecule has 1 aliphatic heterocycles. The van der Waals surface area contributed by atoms with E-state index in [-0.39, 0.29) is 0 Å². The Bertz CT molecular complexity index is 293. The van der Waals surface area contributed by atoms with Gasteiger partial charge < -0.3 is 5.32 Å². The number of rotatable bonds is 2. The highest BCUT2D eigenvalue weighted by Crippen LogP contribution is 2.34. The SMILES string of the molecule is CSC1CCC(N2CCCNC3(CCCCC3)C2)CC1. The number of hydrogen-bond acceptors (Lipinski definition) is 3. The number of nitrogens with zero attached hydrogens (tertiary/aromatic N) is 1. The van der Waals surface area contributed by atoms with E-state index < -0.39 is 0 Å². The fourth-order valence-electron chi connectivity index (χ4n) is 4.68. The minimum Gasteiger partial charge on any atom is -0.310 e. The van der Waals surface area contributed by atoms with Gasteiger partial charge in [0, 0.05) is 23.4 Å². The van der Waals surface area contributed by atoms with E-state index in [2.05, 4.69) is 28.2 Å². The van der Waals surface area contributed by atoms with Gasteiger partial charge in [-0.25, -0.2) is 0 Å². The molecule has 0 aromatic rings.